The number of hydrogen-bond acceptors (Lipinski definition) is 9. The van der Waals surface area contributed by atoms with Gasteiger partial charge in [0.25, 0.3) is 0 Å². The van der Waals surface area contributed by atoms with Crippen molar-refractivity contribution in [3.63, 3.8) is 0 Å². The largest absolute Gasteiger partial charge is 0.472 e. The SMILES string of the molecule is CC/C=C\C/C=C\C/C=C\CCCCCCCCCC(=O)OC(CO)COP(=O)(O)OCC(CO)OC(=O)CCCCCCC/C=C\CCCCCC. The Hall–Kier alpha value is -2.07. The lowest BCUT2D eigenvalue weighted by molar-refractivity contribution is -0.153. The van der Waals surface area contributed by atoms with Crippen molar-refractivity contribution < 1.29 is 47.8 Å². The summed E-state index contributed by atoms with van der Waals surface area (Å²) in [6, 6.07) is 0. The van der Waals surface area contributed by atoms with Gasteiger partial charge in [-0.25, -0.2) is 4.57 Å². The number of phosphoric ester groups is 1. The molecule has 0 spiro atoms. The second kappa shape index (κ2) is 38.2. The van der Waals surface area contributed by atoms with Gasteiger partial charge < -0.3 is 24.6 Å². The summed E-state index contributed by atoms with van der Waals surface area (Å²) in [5, 5.41) is 19.1. The summed E-state index contributed by atoms with van der Waals surface area (Å²) in [5.41, 5.74) is 0. The number of rotatable bonds is 38. The van der Waals surface area contributed by atoms with Gasteiger partial charge in [-0.15, -0.1) is 0 Å². The van der Waals surface area contributed by atoms with Crippen molar-refractivity contribution in [1.82, 2.24) is 0 Å². The van der Waals surface area contributed by atoms with Crippen LogP contribution in [0.1, 0.15) is 168 Å². The van der Waals surface area contributed by atoms with Gasteiger partial charge in [-0.1, -0.05) is 133 Å². The zero-order valence-electron chi connectivity index (χ0n) is 33.2. The van der Waals surface area contributed by atoms with Crippen molar-refractivity contribution in [1.29, 1.82) is 0 Å². The van der Waals surface area contributed by atoms with Crippen molar-refractivity contribution in [3.8, 4) is 0 Å². The molecule has 11 heteroatoms. The molecule has 0 aromatic carbocycles. The minimum Gasteiger partial charge on any atom is -0.457 e. The Kier molecular flexibility index (Phi) is 36.7. The maximum Gasteiger partial charge on any atom is 0.472 e. The predicted molar refractivity (Wildman–Crippen MR) is 214 cm³/mol. The van der Waals surface area contributed by atoms with Gasteiger partial charge in [0.1, 0.15) is 12.2 Å². The van der Waals surface area contributed by atoms with Gasteiger partial charge in [-0.3, -0.25) is 18.6 Å². The van der Waals surface area contributed by atoms with Crippen molar-refractivity contribution in [2.75, 3.05) is 26.4 Å². The van der Waals surface area contributed by atoms with Crippen LogP contribution in [0.5, 0.6) is 0 Å². The molecule has 0 saturated carbocycles. The van der Waals surface area contributed by atoms with Crippen LogP contribution < -0.4 is 0 Å². The lowest BCUT2D eigenvalue weighted by Gasteiger charge is -2.20. The number of allylic oxidation sites excluding steroid dienone is 8. The van der Waals surface area contributed by atoms with Crippen molar-refractivity contribution in [2.24, 2.45) is 0 Å². The summed E-state index contributed by atoms with van der Waals surface area (Å²) in [6.45, 7) is 2.05. The van der Waals surface area contributed by atoms with Crippen LogP contribution >= 0.6 is 7.82 Å². The lowest BCUT2D eigenvalue weighted by atomic mass is 10.1. The van der Waals surface area contributed by atoms with E-state index >= 15 is 0 Å². The minimum atomic E-state index is -4.64. The monoisotopic (exact) mass is 771 g/mol. The minimum absolute atomic E-state index is 0.179. The summed E-state index contributed by atoms with van der Waals surface area (Å²) in [4.78, 5) is 34.4. The maximum absolute atomic E-state index is 12.3. The molecule has 0 fully saturated rings. The molecule has 0 bridgehead atoms. The van der Waals surface area contributed by atoms with Crippen LogP contribution in [0.15, 0.2) is 48.6 Å². The summed E-state index contributed by atoms with van der Waals surface area (Å²) in [6.07, 6.45) is 39.4. The zero-order chi connectivity index (χ0) is 39.1. The molecular weight excluding hydrogens is 695 g/mol. The molecule has 0 aliphatic heterocycles. The summed E-state index contributed by atoms with van der Waals surface area (Å²) in [5.74, 6) is -1.04. The van der Waals surface area contributed by atoms with E-state index in [2.05, 4.69) is 62.5 Å². The molecule has 0 aromatic heterocycles. The quantitative estimate of drug-likeness (QED) is 0.0240. The van der Waals surface area contributed by atoms with Gasteiger partial charge in [0.05, 0.1) is 26.4 Å². The molecule has 0 rings (SSSR count). The average molecular weight is 771 g/mol. The van der Waals surface area contributed by atoms with Gasteiger partial charge >= 0.3 is 19.8 Å². The first-order valence-corrected chi connectivity index (χ1v) is 22.1. The Morgan fingerprint density at radius 2 is 0.887 bits per heavy atom. The van der Waals surface area contributed by atoms with Crippen LogP contribution in [0.4, 0.5) is 0 Å². The van der Waals surface area contributed by atoms with Crippen LogP contribution in [0.2, 0.25) is 0 Å². The number of carbonyl (C=O) groups excluding carboxylic acids is 2. The molecule has 0 radical (unpaired) electrons. The molecule has 3 N–H and O–H groups in total. The number of esters is 2. The van der Waals surface area contributed by atoms with Gasteiger partial charge in [-0.2, -0.15) is 0 Å². The van der Waals surface area contributed by atoms with E-state index in [0.717, 1.165) is 89.9 Å². The van der Waals surface area contributed by atoms with Crippen LogP contribution in [0.25, 0.3) is 0 Å². The molecule has 0 aliphatic rings. The Bertz CT molecular complexity index is 1030. The van der Waals surface area contributed by atoms with E-state index in [-0.39, 0.29) is 12.8 Å². The Morgan fingerprint density at radius 1 is 0.528 bits per heavy atom. The first-order valence-electron chi connectivity index (χ1n) is 20.6. The fourth-order valence-corrected chi connectivity index (χ4v) is 6.14. The maximum atomic E-state index is 12.3. The Morgan fingerprint density at radius 3 is 1.30 bits per heavy atom. The molecule has 0 heterocycles. The molecule has 10 nitrogen and oxygen atoms in total. The Balaban J connectivity index is 3.97. The summed E-state index contributed by atoms with van der Waals surface area (Å²) in [7, 11) is -4.64. The molecule has 0 aromatic rings. The third-order valence-electron chi connectivity index (χ3n) is 8.53. The van der Waals surface area contributed by atoms with Gasteiger partial charge in [0.15, 0.2) is 0 Å². The first-order chi connectivity index (χ1) is 25.8. The van der Waals surface area contributed by atoms with Gasteiger partial charge in [0.2, 0.25) is 0 Å². The number of phosphoric acid groups is 1. The second-order valence-electron chi connectivity index (χ2n) is 13.6. The van der Waals surface area contributed by atoms with Crippen molar-refractivity contribution in [2.45, 2.75) is 180 Å². The molecule has 0 saturated heterocycles. The molecule has 3 atom stereocenters. The number of aliphatic hydroxyl groups is 2. The average Bonchev–Trinajstić information content (AvgIpc) is 3.14. The molecule has 0 aliphatic carbocycles. The standard InChI is InChI=1S/C42H75O10P/c1-3-5-7-9-11-13-15-17-18-19-20-22-24-26-28-30-32-34-42(46)52-40(36-44)38-50-53(47,48)49-37-39(35-43)51-41(45)33-31-29-27-25-23-21-16-14-12-10-8-6-4-2/h5,7,11,13-14,16-18,39-40,43-44H,3-4,6,8-10,12,15,19-38H2,1-2H3,(H,47,48)/b7-5-,13-11-,16-14-,18-17-. The lowest BCUT2D eigenvalue weighted by Crippen LogP contribution is -2.28. The third kappa shape index (κ3) is 36.7. The van der Waals surface area contributed by atoms with E-state index in [1.807, 2.05) is 0 Å². The van der Waals surface area contributed by atoms with Crippen LogP contribution in [0, 0.1) is 0 Å². The van der Waals surface area contributed by atoms with Crippen LogP contribution in [-0.2, 0) is 32.7 Å². The zero-order valence-corrected chi connectivity index (χ0v) is 34.1. The Labute approximate surface area is 322 Å². The highest BCUT2D eigenvalue weighted by molar-refractivity contribution is 7.47. The number of carbonyl (C=O) groups is 2. The van der Waals surface area contributed by atoms with Crippen LogP contribution in [0.3, 0.4) is 0 Å². The number of ether oxygens (including phenoxy) is 2. The van der Waals surface area contributed by atoms with E-state index < -0.39 is 58.4 Å². The van der Waals surface area contributed by atoms with Crippen molar-refractivity contribution >= 4 is 19.8 Å². The van der Waals surface area contributed by atoms with E-state index in [9.17, 15) is 29.3 Å². The van der Waals surface area contributed by atoms with E-state index in [0.29, 0.717) is 12.8 Å². The summed E-state index contributed by atoms with van der Waals surface area (Å²) >= 11 is 0. The third-order valence-corrected chi connectivity index (χ3v) is 9.48. The van der Waals surface area contributed by atoms with Crippen molar-refractivity contribution in [3.05, 3.63) is 48.6 Å². The predicted octanol–water partition coefficient (Wildman–Crippen LogP) is 10.6. The van der Waals surface area contributed by atoms with E-state index in [4.69, 9.17) is 18.5 Å². The molecule has 3 unspecified atom stereocenters. The normalized spacial score (nSPS) is 14.4. The number of aliphatic hydroxyl groups excluding tert-OH is 2. The van der Waals surface area contributed by atoms with Gasteiger partial charge in [-0.05, 0) is 70.6 Å². The molecule has 308 valence electrons. The molecular formula is C42H75O10P. The summed E-state index contributed by atoms with van der Waals surface area (Å²) < 4.78 is 32.5. The highest BCUT2D eigenvalue weighted by Crippen LogP contribution is 2.43. The smallest absolute Gasteiger partial charge is 0.457 e. The number of unbranched alkanes of at least 4 members (excludes halogenated alkanes) is 16. The topological polar surface area (TPSA) is 149 Å². The number of hydrogen-bond donors (Lipinski definition) is 3. The fourth-order valence-electron chi connectivity index (χ4n) is 5.36. The van der Waals surface area contributed by atoms with E-state index in [1.165, 1.54) is 38.5 Å². The van der Waals surface area contributed by atoms with Crippen LogP contribution in [-0.4, -0.2) is 65.7 Å². The first kappa shape index (κ1) is 50.9. The molecule has 0 amide bonds. The fraction of sp³-hybridized carbons (Fsp3) is 0.762. The highest BCUT2D eigenvalue weighted by atomic mass is 31.2. The van der Waals surface area contributed by atoms with E-state index in [1.54, 1.807) is 0 Å². The molecule has 53 heavy (non-hydrogen) atoms. The van der Waals surface area contributed by atoms with Gasteiger partial charge in [0, 0.05) is 12.8 Å². The second-order valence-corrected chi connectivity index (χ2v) is 15.0. The highest BCUT2D eigenvalue weighted by Gasteiger charge is 2.27.